The standard InChI is InChI=1S/C12H18O3/c1-9-4-5-12(15-7-3-6-13)11(8-9)10(2)14/h4-5,8,10,13-14H,3,6-7H2,1-2H3. The first-order valence-electron chi connectivity index (χ1n) is 5.17. The van der Waals surface area contributed by atoms with Crippen LogP contribution in [0.25, 0.3) is 0 Å². The van der Waals surface area contributed by atoms with Crippen LogP contribution in [0.4, 0.5) is 0 Å². The molecule has 0 bridgehead atoms. The molecule has 0 saturated heterocycles. The lowest BCUT2D eigenvalue weighted by atomic mass is 10.1. The minimum absolute atomic E-state index is 0.121. The van der Waals surface area contributed by atoms with Gasteiger partial charge in [-0.3, -0.25) is 0 Å². The quantitative estimate of drug-likeness (QED) is 0.729. The lowest BCUT2D eigenvalue weighted by Crippen LogP contribution is -2.04. The normalized spacial score (nSPS) is 12.5. The largest absolute Gasteiger partial charge is 0.493 e. The van der Waals surface area contributed by atoms with E-state index in [1.165, 1.54) is 0 Å². The third kappa shape index (κ3) is 3.53. The van der Waals surface area contributed by atoms with Crippen LogP contribution in [-0.2, 0) is 0 Å². The number of hydrogen-bond acceptors (Lipinski definition) is 3. The van der Waals surface area contributed by atoms with E-state index >= 15 is 0 Å². The molecule has 1 aromatic rings. The Morgan fingerprint density at radius 3 is 2.73 bits per heavy atom. The topological polar surface area (TPSA) is 49.7 Å². The van der Waals surface area contributed by atoms with Crippen LogP contribution in [0.3, 0.4) is 0 Å². The van der Waals surface area contributed by atoms with E-state index in [0.29, 0.717) is 18.8 Å². The monoisotopic (exact) mass is 210 g/mol. The molecule has 0 aliphatic heterocycles. The fraction of sp³-hybridized carbons (Fsp3) is 0.500. The molecule has 3 heteroatoms. The highest BCUT2D eigenvalue weighted by atomic mass is 16.5. The summed E-state index contributed by atoms with van der Waals surface area (Å²) in [6.45, 7) is 4.28. The van der Waals surface area contributed by atoms with Crippen LogP contribution in [0, 0.1) is 6.92 Å². The van der Waals surface area contributed by atoms with Gasteiger partial charge in [-0.2, -0.15) is 0 Å². The first-order chi connectivity index (χ1) is 7.15. The summed E-state index contributed by atoms with van der Waals surface area (Å²) in [5.41, 5.74) is 1.90. The molecule has 3 nitrogen and oxygen atoms in total. The van der Waals surface area contributed by atoms with Crippen LogP contribution in [0.5, 0.6) is 5.75 Å². The molecule has 0 aromatic heterocycles. The zero-order valence-corrected chi connectivity index (χ0v) is 9.23. The molecule has 0 fully saturated rings. The van der Waals surface area contributed by atoms with E-state index in [1.54, 1.807) is 6.92 Å². The van der Waals surface area contributed by atoms with Gasteiger partial charge in [0.2, 0.25) is 0 Å². The number of hydrogen-bond donors (Lipinski definition) is 2. The number of rotatable bonds is 5. The van der Waals surface area contributed by atoms with Crippen LogP contribution in [0.15, 0.2) is 18.2 Å². The molecular formula is C12H18O3. The van der Waals surface area contributed by atoms with Crippen molar-refractivity contribution >= 4 is 0 Å². The van der Waals surface area contributed by atoms with Crippen molar-refractivity contribution in [2.45, 2.75) is 26.4 Å². The Morgan fingerprint density at radius 1 is 1.40 bits per heavy atom. The molecule has 2 N–H and O–H groups in total. The maximum atomic E-state index is 9.56. The third-order valence-corrected chi connectivity index (χ3v) is 2.18. The Morgan fingerprint density at radius 2 is 2.13 bits per heavy atom. The van der Waals surface area contributed by atoms with Crippen molar-refractivity contribution in [1.29, 1.82) is 0 Å². The summed E-state index contributed by atoms with van der Waals surface area (Å²) in [5.74, 6) is 0.698. The number of benzene rings is 1. The van der Waals surface area contributed by atoms with E-state index in [2.05, 4.69) is 0 Å². The Bertz CT molecular complexity index is 308. The zero-order valence-electron chi connectivity index (χ0n) is 9.23. The molecule has 1 aromatic carbocycles. The van der Waals surface area contributed by atoms with Crippen LogP contribution < -0.4 is 4.74 Å². The molecular weight excluding hydrogens is 192 g/mol. The van der Waals surface area contributed by atoms with Crippen LogP contribution >= 0.6 is 0 Å². The maximum Gasteiger partial charge on any atom is 0.125 e. The number of aryl methyl sites for hydroxylation is 1. The van der Waals surface area contributed by atoms with Crippen molar-refractivity contribution in [2.75, 3.05) is 13.2 Å². The van der Waals surface area contributed by atoms with E-state index in [-0.39, 0.29) is 6.61 Å². The molecule has 0 amide bonds. The van der Waals surface area contributed by atoms with Gasteiger partial charge in [-0.25, -0.2) is 0 Å². The van der Waals surface area contributed by atoms with Gasteiger partial charge in [-0.1, -0.05) is 11.6 Å². The Balaban J connectivity index is 2.77. The molecule has 0 saturated carbocycles. The highest BCUT2D eigenvalue weighted by molar-refractivity contribution is 5.38. The maximum absolute atomic E-state index is 9.56. The average Bonchev–Trinajstić information content (AvgIpc) is 2.20. The molecule has 0 spiro atoms. The Hall–Kier alpha value is -1.06. The predicted molar refractivity (Wildman–Crippen MR) is 59.0 cm³/mol. The van der Waals surface area contributed by atoms with Crippen molar-refractivity contribution in [3.05, 3.63) is 29.3 Å². The second-order valence-electron chi connectivity index (χ2n) is 3.64. The number of aliphatic hydroxyl groups excluding tert-OH is 2. The summed E-state index contributed by atoms with van der Waals surface area (Å²) in [6.07, 6.45) is 0.0710. The second kappa shape index (κ2) is 5.73. The number of aliphatic hydroxyl groups is 2. The summed E-state index contributed by atoms with van der Waals surface area (Å²) in [6, 6.07) is 5.72. The van der Waals surface area contributed by atoms with Crippen LogP contribution in [0.1, 0.15) is 30.6 Å². The number of ether oxygens (including phenoxy) is 1. The van der Waals surface area contributed by atoms with E-state index in [9.17, 15) is 5.11 Å². The zero-order chi connectivity index (χ0) is 11.3. The SMILES string of the molecule is Cc1ccc(OCCCO)c(C(C)O)c1. The van der Waals surface area contributed by atoms with Crippen LogP contribution in [0.2, 0.25) is 0 Å². The van der Waals surface area contributed by atoms with Crippen LogP contribution in [-0.4, -0.2) is 23.4 Å². The van der Waals surface area contributed by atoms with Gasteiger partial charge in [0, 0.05) is 18.6 Å². The van der Waals surface area contributed by atoms with Gasteiger partial charge in [-0.15, -0.1) is 0 Å². The van der Waals surface area contributed by atoms with Gasteiger partial charge in [0.05, 0.1) is 12.7 Å². The Labute approximate surface area is 90.3 Å². The molecule has 0 radical (unpaired) electrons. The van der Waals surface area contributed by atoms with Crippen molar-refractivity contribution in [3.63, 3.8) is 0 Å². The van der Waals surface area contributed by atoms with Crippen molar-refractivity contribution in [3.8, 4) is 5.75 Å². The van der Waals surface area contributed by atoms with E-state index in [0.717, 1.165) is 11.1 Å². The van der Waals surface area contributed by atoms with Gasteiger partial charge in [0.1, 0.15) is 5.75 Å². The lowest BCUT2D eigenvalue weighted by Gasteiger charge is -2.13. The van der Waals surface area contributed by atoms with Gasteiger partial charge in [0.25, 0.3) is 0 Å². The summed E-state index contributed by atoms with van der Waals surface area (Å²) < 4.78 is 5.47. The molecule has 0 heterocycles. The van der Waals surface area contributed by atoms with Gasteiger partial charge in [-0.05, 0) is 26.0 Å². The smallest absolute Gasteiger partial charge is 0.125 e. The molecule has 0 aliphatic carbocycles. The van der Waals surface area contributed by atoms with Gasteiger partial charge in [0.15, 0.2) is 0 Å². The molecule has 15 heavy (non-hydrogen) atoms. The van der Waals surface area contributed by atoms with Gasteiger partial charge >= 0.3 is 0 Å². The molecule has 0 aliphatic rings. The van der Waals surface area contributed by atoms with E-state index < -0.39 is 6.10 Å². The van der Waals surface area contributed by atoms with Crippen molar-refractivity contribution in [1.82, 2.24) is 0 Å². The molecule has 1 atom stereocenters. The van der Waals surface area contributed by atoms with Crippen molar-refractivity contribution < 1.29 is 14.9 Å². The second-order valence-corrected chi connectivity index (χ2v) is 3.64. The average molecular weight is 210 g/mol. The Kier molecular flexibility index (Phi) is 4.59. The van der Waals surface area contributed by atoms with Gasteiger partial charge < -0.3 is 14.9 Å². The fourth-order valence-electron chi connectivity index (χ4n) is 1.37. The fourth-order valence-corrected chi connectivity index (χ4v) is 1.37. The predicted octanol–water partition coefficient (Wildman–Crippen LogP) is 1.81. The lowest BCUT2D eigenvalue weighted by molar-refractivity contribution is 0.187. The highest BCUT2D eigenvalue weighted by Gasteiger charge is 2.08. The minimum Gasteiger partial charge on any atom is -0.493 e. The minimum atomic E-state index is -0.533. The summed E-state index contributed by atoms with van der Waals surface area (Å²) >= 11 is 0. The molecule has 84 valence electrons. The first kappa shape index (κ1) is 12.0. The summed E-state index contributed by atoms with van der Waals surface area (Å²) in [7, 11) is 0. The molecule has 1 unspecified atom stereocenters. The van der Waals surface area contributed by atoms with Crippen molar-refractivity contribution in [2.24, 2.45) is 0 Å². The third-order valence-electron chi connectivity index (χ3n) is 2.18. The van der Waals surface area contributed by atoms with E-state index in [4.69, 9.17) is 9.84 Å². The molecule has 1 rings (SSSR count). The highest BCUT2D eigenvalue weighted by Crippen LogP contribution is 2.26. The first-order valence-corrected chi connectivity index (χ1v) is 5.17. The summed E-state index contributed by atoms with van der Waals surface area (Å²) in [5, 5.41) is 18.2. The van der Waals surface area contributed by atoms with E-state index in [1.807, 2.05) is 25.1 Å². The summed E-state index contributed by atoms with van der Waals surface area (Å²) in [4.78, 5) is 0.